The van der Waals surface area contributed by atoms with Crippen LogP contribution in [0.2, 0.25) is 0 Å². The summed E-state index contributed by atoms with van der Waals surface area (Å²) < 4.78 is 72.2. The van der Waals surface area contributed by atoms with Crippen molar-refractivity contribution in [3.8, 4) is 5.75 Å². The van der Waals surface area contributed by atoms with Crippen LogP contribution in [0.1, 0.15) is 23.1 Å². The van der Waals surface area contributed by atoms with E-state index in [1.165, 1.54) is 24.3 Å². The van der Waals surface area contributed by atoms with Crippen LogP contribution in [0.15, 0.2) is 82.6 Å². The van der Waals surface area contributed by atoms with Crippen LogP contribution in [0.4, 0.5) is 0 Å². The summed E-state index contributed by atoms with van der Waals surface area (Å²) in [4.78, 5) is -0.0531. The van der Waals surface area contributed by atoms with Crippen molar-refractivity contribution in [1.82, 2.24) is 0 Å². The van der Waals surface area contributed by atoms with Crippen LogP contribution >= 0.6 is 0 Å². The highest BCUT2D eigenvalue weighted by atomic mass is 32.2. The van der Waals surface area contributed by atoms with Gasteiger partial charge < -0.3 is 9.47 Å². The first-order valence-corrected chi connectivity index (χ1v) is 14.1. The maximum atomic E-state index is 12.8. The number of benzene rings is 3. The monoisotopic (exact) mass is 534 g/mol. The summed E-state index contributed by atoms with van der Waals surface area (Å²) in [5.74, 6) is 0.723. The molecule has 0 saturated carbocycles. The van der Waals surface area contributed by atoms with Crippen LogP contribution in [0.25, 0.3) is 0 Å². The summed E-state index contributed by atoms with van der Waals surface area (Å²) in [6.45, 7) is 3.58. The Labute approximate surface area is 213 Å². The quantitative estimate of drug-likeness (QED) is 0.235. The SMILES string of the molecule is COc1ccc(COCC[C@@H](COS(=O)(=O)c2ccc(C)cc2)OS(=O)(=O)c2ccc(C)cc2)cc1. The second-order valence-electron chi connectivity index (χ2n) is 8.23. The van der Waals surface area contributed by atoms with E-state index < -0.39 is 32.9 Å². The van der Waals surface area contributed by atoms with Gasteiger partial charge in [-0.25, -0.2) is 0 Å². The van der Waals surface area contributed by atoms with Crippen LogP contribution in [-0.4, -0.2) is 43.3 Å². The first-order valence-electron chi connectivity index (χ1n) is 11.3. The molecule has 10 heteroatoms. The van der Waals surface area contributed by atoms with Gasteiger partial charge in [-0.15, -0.1) is 0 Å². The van der Waals surface area contributed by atoms with Gasteiger partial charge in [0.2, 0.25) is 0 Å². The van der Waals surface area contributed by atoms with Crippen LogP contribution in [0.5, 0.6) is 5.75 Å². The van der Waals surface area contributed by atoms with E-state index in [0.717, 1.165) is 22.4 Å². The summed E-state index contributed by atoms with van der Waals surface area (Å²) in [6, 6.07) is 19.7. The average molecular weight is 535 g/mol. The molecule has 1 atom stereocenters. The number of rotatable bonds is 13. The van der Waals surface area contributed by atoms with Crippen molar-refractivity contribution in [2.24, 2.45) is 0 Å². The molecule has 0 unspecified atom stereocenters. The fourth-order valence-corrected chi connectivity index (χ4v) is 5.19. The third-order valence-corrected chi connectivity index (χ3v) is 7.97. The molecule has 0 N–H and O–H groups in total. The normalized spacial score (nSPS) is 12.9. The van der Waals surface area contributed by atoms with Gasteiger partial charge in [0.1, 0.15) is 11.9 Å². The Bertz CT molecular complexity index is 1320. The Morgan fingerprint density at radius 1 is 0.722 bits per heavy atom. The van der Waals surface area contributed by atoms with E-state index in [2.05, 4.69) is 0 Å². The Morgan fingerprint density at radius 2 is 1.25 bits per heavy atom. The number of aryl methyl sites for hydroxylation is 2. The zero-order valence-corrected chi connectivity index (χ0v) is 22.0. The molecule has 0 aromatic heterocycles. The lowest BCUT2D eigenvalue weighted by Gasteiger charge is -2.18. The van der Waals surface area contributed by atoms with Crippen molar-refractivity contribution in [3.63, 3.8) is 0 Å². The van der Waals surface area contributed by atoms with Gasteiger partial charge in [-0.1, -0.05) is 47.5 Å². The standard InChI is InChI=1S/C26H30O8S2/c1-20-4-12-25(13-5-20)35(27,28)33-19-24(34-36(29,30)26-14-6-21(2)7-15-26)16-17-32-18-22-8-10-23(31-3)11-9-22/h4-15,24H,16-19H2,1-3H3/t24-/m0/s1. The summed E-state index contributed by atoms with van der Waals surface area (Å²) >= 11 is 0. The number of ether oxygens (including phenoxy) is 2. The van der Waals surface area contributed by atoms with Gasteiger partial charge in [0.15, 0.2) is 0 Å². The lowest BCUT2D eigenvalue weighted by atomic mass is 10.2. The highest BCUT2D eigenvalue weighted by molar-refractivity contribution is 7.87. The van der Waals surface area contributed by atoms with Gasteiger partial charge in [-0.2, -0.15) is 16.8 Å². The molecule has 0 spiro atoms. The molecule has 0 aliphatic rings. The Balaban J connectivity index is 1.67. The van der Waals surface area contributed by atoms with Crippen molar-refractivity contribution in [2.75, 3.05) is 20.3 Å². The molecule has 3 aromatic carbocycles. The second-order valence-corrected chi connectivity index (χ2v) is 11.4. The molecule has 0 radical (unpaired) electrons. The molecule has 0 heterocycles. The smallest absolute Gasteiger partial charge is 0.297 e. The predicted molar refractivity (Wildman–Crippen MR) is 135 cm³/mol. The molecule has 3 rings (SSSR count). The summed E-state index contributed by atoms with van der Waals surface area (Å²) in [6.07, 6.45) is -1.00. The Kier molecular flexibility index (Phi) is 9.63. The molecule has 0 aliphatic heterocycles. The minimum atomic E-state index is -4.16. The predicted octanol–water partition coefficient (Wildman–Crippen LogP) is 4.40. The Hall–Kier alpha value is -2.76. The molecule has 0 aliphatic carbocycles. The van der Waals surface area contributed by atoms with Gasteiger partial charge in [-0.3, -0.25) is 8.37 Å². The molecule has 0 fully saturated rings. The van der Waals surface area contributed by atoms with E-state index in [1.54, 1.807) is 31.4 Å². The molecular weight excluding hydrogens is 504 g/mol. The fourth-order valence-electron chi connectivity index (χ4n) is 3.16. The number of methoxy groups -OCH3 is 1. The van der Waals surface area contributed by atoms with Gasteiger partial charge in [0, 0.05) is 13.0 Å². The highest BCUT2D eigenvalue weighted by Crippen LogP contribution is 2.20. The van der Waals surface area contributed by atoms with Crippen LogP contribution in [0.3, 0.4) is 0 Å². The summed E-state index contributed by atoms with van der Waals surface area (Å²) in [5, 5.41) is 0. The molecule has 194 valence electrons. The second kappa shape index (κ2) is 12.5. The van der Waals surface area contributed by atoms with Gasteiger partial charge in [-0.05, 0) is 55.8 Å². The van der Waals surface area contributed by atoms with Gasteiger partial charge >= 0.3 is 0 Å². The van der Waals surface area contributed by atoms with E-state index in [1.807, 2.05) is 38.1 Å². The maximum Gasteiger partial charge on any atom is 0.297 e. The van der Waals surface area contributed by atoms with E-state index in [9.17, 15) is 16.8 Å². The molecule has 8 nitrogen and oxygen atoms in total. The van der Waals surface area contributed by atoms with Crippen LogP contribution < -0.4 is 4.74 Å². The third kappa shape index (κ3) is 8.14. The van der Waals surface area contributed by atoms with Gasteiger partial charge in [0.25, 0.3) is 20.2 Å². The van der Waals surface area contributed by atoms with E-state index >= 15 is 0 Å². The summed E-state index contributed by atoms with van der Waals surface area (Å²) in [7, 11) is -6.68. The molecule has 3 aromatic rings. The van der Waals surface area contributed by atoms with E-state index in [-0.39, 0.29) is 29.4 Å². The van der Waals surface area contributed by atoms with Crippen LogP contribution in [0, 0.1) is 13.8 Å². The molecule has 0 bridgehead atoms. The molecule has 0 saturated heterocycles. The zero-order chi connectivity index (χ0) is 26.2. The number of hydrogen-bond acceptors (Lipinski definition) is 8. The first-order chi connectivity index (χ1) is 17.1. The lowest BCUT2D eigenvalue weighted by Crippen LogP contribution is -2.27. The van der Waals surface area contributed by atoms with Crippen LogP contribution in [-0.2, 0) is 39.9 Å². The van der Waals surface area contributed by atoms with Crippen molar-refractivity contribution in [3.05, 3.63) is 89.5 Å². The zero-order valence-electron chi connectivity index (χ0n) is 20.4. The molecule has 36 heavy (non-hydrogen) atoms. The average Bonchev–Trinajstić information content (AvgIpc) is 2.86. The van der Waals surface area contributed by atoms with Crippen molar-refractivity contribution in [1.29, 1.82) is 0 Å². The lowest BCUT2D eigenvalue weighted by molar-refractivity contribution is 0.0658. The third-order valence-electron chi connectivity index (χ3n) is 5.30. The highest BCUT2D eigenvalue weighted by Gasteiger charge is 2.25. The summed E-state index contributed by atoms with van der Waals surface area (Å²) in [5.41, 5.74) is 2.69. The van der Waals surface area contributed by atoms with Crippen molar-refractivity contribution < 1.29 is 34.7 Å². The Morgan fingerprint density at radius 3 is 1.78 bits per heavy atom. The van der Waals surface area contributed by atoms with Crippen molar-refractivity contribution >= 4 is 20.2 Å². The van der Waals surface area contributed by atoms with Crippen molar-refractivity contribution in [2.45, 2.75) is 42.8 Å². The van der Waals surface area contributed by atoms with Gasteiger partial charge in [0.05, 0.1) is 30.1 Å². The van der Waals surface area contributed by atoms with E-state index in [0.29, 0.717) is 0 Å². The fraction of sp³-hybridized carbons (Fsp3) is 0.308. The maximum absolute atomic E-state index is 12.8. The largest absolute Gasteiger partial charge is 0.497 e. The first kappa shape index (κ1) is 27.8. The molecule has 0 amide bonds. The molecular formula is C26H30O8S2. The minimum absolute atomic E-state index is 0.0241. The van der Waals surface area contributed by atoms with E-state index in [4.69, 9.17) is 17.8 Å². The minimum Gasteiger partial charge on any atom is -0.497 e. The number of hydrogen-bond donors (Lipinski definition) is 0. The topological polar surface area (TPSA) is 105 Å².